The molecule has 0 aromatic heterocycles. The Morgan fingerprint density at radius 1 is 1.35 bits per heavy atom. The summed E-state index contributed by atoms with van der Waals surface area (Å²) in [7, 11) is 1.46. The lowest BCUT2D eigenvalue weighted by Crippen LogP contribution is -2.21. The third-order valence-corrected chi connectivity index (χ3v) is 2.31. The van der Waals surface area contributed by atoms with Gasteiger partial charge in [-0.3, -0.25) is 0 Å². The first-order chi connectivity index (χ1) is 8.15. The molecule has 0 atom stereocenters. The van der Waals surface area contributed by atoms with Gasteiger partial charge >= 0.3 is 0 Å². The predicted octanol–water partition coefficient (Wildman–Crippen LogP) is 2.35. The fourth-order valence-electron chi connectivity index (χ4n) is 1.44. The van der Waals surface area contributed by atoms with Crippen molar-refractivity contribution in [1.82, 2.24) is 5.32 Å². The standard InChI is InChI=1S/C13H20FNO2/c1-10(2)17-8-7-15-9-11-5-4-6-12(16-3)13(11)14/h4-6,10,15H,7-9H2,1-3H3. The van der Waals surface area contributed by atoms with Crippen molar-refractivity contribution in [3.63, 3.8) is 0 Å². The van der Waals surface area contributed by atoms with Crippen LogP contribution in [0.25, 0.3) is 0 Å². The fraction of sp³-hybridized carbons (Fsp3) is 0.538. The van der Waals surface area contributed by atoms with Crippen LogP contribution in [0.3, 0.4) is 0 Å². The molecule has 96 valence electrons. The zero-order chi connectivity index (χ0) is 12.7. The van der Waals surface area contributed by atoms with Crippen molar-refractivity contribution in [1.29, 1.82) is 0 Å². The molecule has 0 bridgehead atoms. The molecule has 0 spiro atoms. The maximum absolute atomic E-state index is 13.7. The molecule has 0 aliphatic rings. The fourth-order valence-corrected chi connectivity index (χ4v) is 1.44. The second-order valence-electron chi connectivity index (χ2n) is 4.03. The van der Waals surface area contributed by atoms with Gasteiger partial charge < -0.3 is 14.8 Å². The number of rotatable bonds is 7. The lowest BCUT2D eigenvalue weighted by Gasteiger charge is -2.10. The van der Waals surface area contributed by atoms with Crippen molar-refractivity contribution < 1.29 is 13.9 Å². The van der Waals surface area contributed by atoms with Crippen LogP contribution in [0.2, 0.25) is 0 Å². The Balaban J connectivity index is 2.36. The summed E-state index contributed by atoms with van der Waals surface area (Å²) in [6.07, 6.45) is 0.227. The minimum Gasteiger partial charge on any atom is -0.494 e. The largest absolute Gasteiger partial charge is 0.494 e. The molecule has 0 saturated carbocycles. The van der Waals surface area contributed by atoms with E-state index in [0.29, 0.717) is 25.3 Å². The Morgan fingerprint density at radius 3 is 2.76 bits per heavy atom. The molecular weight excluding hydrogens is 221 g/mol. The molecule has 0 amide bonds. The van der Waals surface area contributed by atoms with Gasteiger partial charge in [0.1, 0.15) is 0 Å². The zero-order valence-corrected chi connectivity index (χ0v) is 10.6. The number of ether oxygens (including phenoxy) is 2. The molecule has 1 N–H and O–H groups in total. The minimum absolute atomic E-state index is 0.227. The Hall–Kier alpha value is -1.13. The monoisotopic (exact) mass is 241 g/mol. The molecule has 17 heavy (non-hydrogen) atoms. The molecule has 1 aromatic rings. The molecule has 0 heterocycles. The highest BCUT2D eigenvalue weighted by Crippen LogP contribution is 2.19. The summed E-state index contributed by atoms with van der Waals surface area (Å²) < 4.78 is 24.0. The number of methoxy groups -OCH3 is 1. The Labute approximate surface area is 102 Å². The minimum atomic E-state index is -0.299. The highest BCUT2D eigenvalue weighted by atomic mass is 19.1. The van der Waals surface area contributed by atoms with E-state index in [-0.39, 0.29) is 17.7 Å². The highest BCUT2D eigenvalue weighted by Gasteiger charge is 2.07. The van der Waals surface area contributed by atoms with E-state index in [4.69, 9.17) is 9.47 Å². The van der Waals surface area contributed by atoms with Crippen LogP contribution in [0, 0.1) is 5.82 Å². The average molecular weight is 241 g/mol. The number of benzene rings is 1. The van der Waals surface area contributed by atoms with Crippen LogP contribution in [0.5, 0.6) is 5.75 Å². The zero-order valence-electron chi connectivity index (χ0n) is 10.6. The predicted molar refractivity (Wildman–Crippen MR) is 65.7 cm³/mol. The van der Waals surface area contributed by atoms with Gasteiger partial charge in [0, 0.05) is 18.7 Å². The highest BCUT2D eigenvalue weighted by molar-refractivity contribution is 5.30. The van der Waals surface area contributed by atoms with Crippen molar-refractivity contribution >= 4 is 0 Å². The molecule has 0 aliphatic carbocycles. The normalized spacial score (nSPS) is 10.9. The maximum Gasteiger partial charge on any atom is 0.169 e. The molecule has 0 fully saturated rings. The van der Waals surface area contributed by atoms with Gasteiger partial charge in [0.15, 0.2) is 11.6 Å². The van der Waals surface area contributed by atoms with E-state index < -0.39 is 0 Å². The van der Waals surface area contributed by atoms with E-state index in [0.717, 1.165) is 0 Å². The van der Waals surface area contributed by atoms with E-state index in [1.165, 1.54) is 7.11 Å². The number of hydrogen-bond acceptors (Lipinski definition) is 3. The Bertz CT molecular complexity index is 342. The lowest BCUT2D eigenvalue weighted by molar-refractivity contribution is 0.0806. The first-order valence-electron chi connectivity index (χ1n) is 5.79. The van der Waals surface area contributed by atoms with Crippen molar-refractivity contribution in [2.24, 2.45) is 0 Å². The van der Waals surface area contributed by atoms with Gasteiger partial charge in [-0.25, -0.2) is 4.39 Å². The van der Waals surface area contributed by atoms with E-state index in [1.54, 1.807) is 18.2 Å². The summed E-state index contributed by atoms with van der Waals surface area (Å²) in [5.41, 5.74) is 0.605. The van der Waals surface area contributed by atoms with E-state index in [1.807, 2.05) is 13.8 Å². The van der Waals surface area contributed by atoms with Crippen molar-refractivity contribution in [2.45, 2.75) is 26.5 Å². The van der Waals surface area contributed by atoms with Gasteiger partial charge in [0.2, 0.25) is 0 Å². The van der Waals surface area contributed by atoms with Crippen LogP contribution in [0.4, 0.5) is 4.39 Å². The molecule has 4 heteroatoms. The summed E-state index contributed by atoms with van der Waals surface area (Å²) in [5.74, 6) is -0.0185. The van der Waals surface area contributed by atoms with Crippen LogP contribution in [-0.2, 0) is 11.3 Å². The smallest absolute Gasteiger partial charge is 0.169 e. The van der Waals surface area contributed by atoms with Crippen molar-refractivity contribution in [3.05, 3.63) is 29.6 Å². The van der Waals surface area contributed by atoms with E-state index in [2.05, 4.69) is 5.32 Å². The van der Waals surface area contributed by atoms with Crippen LogP contribution in [-0.4, -0.2) is 26.4 Å². The SMILES string of the molecule is COc1cccc(CNCCOC(C)C)c1F. The summed E-state index contributed by atoms with van der Waals surface area (Å²) in [4.78, 5) is 0. The van der Waals surface area contributed by atoms with Gasteiger partial charge in [-0.1, -0.05) is 12.1 Å². The number of hydrogen-bond donors (Lipinski definition) is 1. The topological polar surface area (TPSA) is 30.5 Å². The maximum atomic E-state index is 13.7. The van der Waals surface area contributed by atoms with Crippen LogP contribution < -0.4 is 10.1 Å². The summed E-state index contributed by atoms with van der Waals surface area (Å²) in [6.45, 7) is 5.78. The van der Waals surface area contributed by atoms with E-state index >= 15 is 0 Å². The van der Waals surface area contributed by atoms with Gasteiger partial charge in [-0.2, -0.15) is 0 Å². The van der Waals surface area contributed by atoms with Crippen molar-refractivity contribution in [3.8, 4) is 5.75 Å². The summed E-state index contributed by atoms with van der Waals surface area (Å²) >= 11 is 0. The molecule has 3 nitrogen and oxygen atoms in total. The number of halogens is 1. The molecule has 0 radical (unpaired) electrons. The average Bonchev–Trinajstić information content (AvgIpc) is 2.30. The third kappa shape index (κ3) is 4.71. The molecule has 0 aliphatic heterocycles. The van der Waals surface area contributed by atoms with Crippen molar-refractivity contribution in [2.75, 3.05) is 20.3 Å². The van der Waals surface area contributed by atoms with Gasteiger partial charge in [0.25, 0.3) is 0 Å². The first-order valence-corrected chi connectivity index (χ1v) is 5.79. The van der Waals surface area contributed by atoms with Gasteiger partial charge in [-0.05, 0) is 19.9 Å². The molecular formula is C13H20FNO2. The first kappa shape index (κ1) is 13.9. The Morgan fingerprint density at radius 2 is 2.12 bits per heavy atom. The lowest BCUT2D eigenvalue weighted by atomic mass is 10.2. The molecule has 0 saturated heterocycles. The third-order valence-electron chi connectivity index (χ3n) is 2.31. The molecule has 0 unspecified atom stereocenters. The molecule has 1 aromatic carbocycles. The van der Waals surface area contributed by atoms with Gasteiger partial charge in [0.05, 0.1) is 19.8 Å². The Kier molecular flexibility index (Phi) is 5.94. The second-order valence-corrected chi connectivity index (χ2v) is 4.03. The summed E-state index contributed by atoms with van der Waals surface area (Å²) in [6, 6.07) is 5.14. The quantitative estimate of drug-likeness (QED) is 0.743. The molecule has 1 rings (SSSR count). The summed E-state index contributed by atoms with van der Waals surface area (Å²) in [5, 5.41) is 3.13. The van der Waals surface area contributed by atoms with E-state index in [9.17, 15) is 4.39 Å². The van der Waals surface area contributed by atoms with Crippen LogP contribution >= 0.6 is 0 Å². The van der Waals surface area contributed by atoms with Gasteiger partial charge in [-0.15, -0.1) is 0 Å². The van der Waals surface area contributed by atoms with Crippen LogP contribution in [0.1, 0.15) is 19.4 Å². The second kappa shape index (κ2) is 7.25. The van der Waals surface area contributed by atoms with Crippen LogP contribution in [0.15, 0.2) is 18.2 Å². The number of nitrogens with one attached hydrogen (secondary N) is 1.